The van der Waals surface area contributed by atoms with Gasteiger partial charge in [0.15, 0.2) is 0 Å². The van der Waals surface area contributed by atoms with Crippen LogP contribution in [0, 0.1) is 0 Å². The Balaban J connectivity index is 3.07. The quantitative estimate of drug-likeness (QED) is 0.554. The van der Waals surface area contributed by atoms with Crippen molar-refractivity contribution in [1.29, 1.82) is 0 Å². The lowest BCUT2D eigenvalue weighted by Gasteiger charge is -2.01. The predicted octanol–water partition coefficient (Wildman–Crippen LogP) is 0.946. The summed E-state index contributed by atoms with van der Waals surface area (Å²) >= 11 is 0. The number of carboxylic acid groups (broad SMARTS) is 1. The third-order valence-corrected chi connectivity index (χ3v) is 1.49. The summed E-state index contributed by atoms with van der Waals surface area (Å²) in [5.41, 5.74) is -0.427. The van der Waals surface area contributed by atoms with E-state index in [0.29, 0.717) is 0 Å². The Morgan fingerprint density at radius 3 is 2.21 bits per heavy atom. The smallest absolute Gasteiger partial charge is 0.377 e. The molecular formula is C8H6O6. The van der Waals surface area contributed by atoms with Gasteiger partial charge in [0.25, 0.3) is 0 Å². The number of hydrogen-bond donors (Lipinski definition) is 2. The molecule has 0 radical (unpaired) electrons. The first-order valence-corrected chi connectivity index (χ1v) is 3.51. The molecule has 0 aromatic heterocycles. The SMILES string of the molecule is O=C(O)c1ccccc1C(=O)OOO. The van der Waals surface area contributed by atoms with Gasteiger partial charge in [-0.15, -0.1) is 0 Å². The van der Waals surface area contributed by atoms with Gasteiger partial charge >= 0.3 is 11.9 Å². The highest BCUT2D eigenvalue weighted by molar-refractivity contribution is 6.02. The van der Waals surface area contributed by atoms with Crippen molar-refractivity contribution in [2.24, 2.45) is 0 Å². The summed E-state index contributed by atoms with van der Waals surface area (Å²) in [6.45, 7) is 0. The third-order valence-electron chi connectivity index (χ3n) is 1.49. The lowest BCUT2D eigenvalue weighted by molar-refractivity contribution is -0.455. The van der Waals surface area contributed by atoms with E-state index in [1.54, 1.807) is 0 Å². The minimum atomic E-state index is -1.27. The summed E-state index contributed by atoms with van der Waals surface area (Å²) in [7, 11) is 0. The second kappa shape index (κ2) is 4.35. The van der Waals surface area contributed by atoms with Crippen LogP contribution in [0.2, 0.25) is 0 Å². The Kier molecular flexibility index (Phi) is 3.16. The molecule has 14 heavy (non-hydrogen) atoms. The van der Waals surface area contributed by atoms with E-state index in [9.17, 15) is 9.59 Å². The Labute approximate surface area is 78.2 Å². The van der Waals surface area contributed by atoms with Crippen molar-refractivity contribution in [3.05, 3.63) is 35.4 Å². The molecule has 1 aromatic carbocycles. The largest absolute Gasteiger partial charge is 0.478 e. The zero-order valence-electron chi connectivity index (χ0n) is 6.84. The van der Waals surface area contributed by atoms with Crippen molar-refractivity contribution in [1.82, 2.24) is 0 Å². The van der Waals surface area contributed by atoms with Gasteiger partial charge in [0, 0.05) is 0 Å². The van der Waals surface area contributed by atoms with E-state index in [2.05, 4.69) is 9.93 Å². The van der Waals surface area contributed by atoms with E-state index >= 15 is 0 Å². The van der Waals surface area contributed by atoms with E-state index in [1.807, 2.05) is 0 Å². The van der Waals surface area contributed by atoms with E-state index in [-0.39, 0.29) is 11.1 Å². The van der Waals surface area contributed by atoms with Crippen molar-refractivity contribution in [2.75, 3.05) is 0 Å². The van der Waals surface area contributed by atoms with Gasteiger partial charge in [-0.1, -0.05) is 12.1 Å². The van der Waals surface area contributed by atoms with E-state index in [4.69, 9.17) is 10.4 Å². The average Bonchev–Trinajstić information content (AvgIpc) is 2.18. The maximum atomic E-state index is 11.0. The first-order chi connectivity index (χ1) is 6.66. The molecule has 0 amide bonds. The number of benzene rings is 1. The molecule has 0 spiro atoms. The maximum absolute atomic E-state index is 11.0. The number of hydrogen-bond acceptors (Lipinski definition) is 5. The molecule has 0 unspecified atom stereocenters. The van der Waals surface area contributed by atoms with Crippen LogP contribution in [0.15, 0.2) is 24.3 Å². The molecule has 0 aliphatic rings. The second-order valence-corrected chi connectivity index (χ2v) is 2.30. The zero-order chi connectivity index (χ0) is 10.6. The van der Waals surface area contributed by atoms with Gasteiger partial charge in [0.05, 0.1) is 11.1 Å². The highest BCUT2D eigenvalue weighted by Gasteiger charge is 2.17. The average molecular weight is 198 g/mol. The fraction of sp³-hybridized carbons (Fsp3) is 0. The number of carboxylic acids is 1. The van der Waals surface area contributed by atoms with Gasteiger partial charge in [0.1, 0.15) is 0 Å². The molecule has 1 rings (SSSR count). The van der Waals surface area contributed by atoms with Crippen molar-refractivity contribution in [3.63, 3.8) is 0 Å². The first kappa shape index (κ1) is 10.2. The molecule has 0 heterocycles. The Bertz CT molecular complexity index is 359. The highest BCUT2D eigenvalue weighted by Crippen LogP contribution is 2.10. The molecule has 0 saturated heterocycles. The standard InChI is InChI=1S/C8H6O6/c9-7(10)5-3-1-2-4-6(5)8(11)13-14-12/h1-4,12H,(H,9,10). The summed E-state index contributed by atoms with van der Waals surface area (Å²) in [5, 5.41) is 19.7. The van der Waals surface area contributed by atoms with Crippen molar-refractivity contribution < 1.29 is 29.9 Å². The molecule has 2 N–H and O–H groups in total. The van der Waals surface area contributed by atoms with Gasteiger partial charge in [0.2, 0.25) is 0 Å². The topological polar surface area (TPSA) is 93.1 Å². The minimum Gasteiger partial charge on any atom is -0.478 e. The van der Waals surface area contributed by atoms with Crippen LogP contribution < -0.4 is 0 Å². The van der Waals surface area contributed by atoms with Gasteiger partial charge < -0.3 is 5.11 Å². The molecule has 0 aliphatic heterocycles. The molecule has 0 bridgehead atoms. The molecule has 0 fully saturated rings. The maximum Gasteiger partial charge on any atom is 0.377 e. The van der Waals surface area contributed by atoms with E-state index in [1.165, 1.54) is 24.3 Å². The molecular weight excluding hydrogens is 192 g/mol. The summed E-state index contributed by atoms with van der Waals surface area (Å²) in [6.07, 6.45) is 0. The lowest BCUT2D eigenvalue weighted by atomic mass is 10.1. The molecule has 0 saturated carbocycles. The molecule has 1 aromatic rings. The monoisotopic (exact) mass is 198 g/mol. The normalized spacial score (nSPS) is 9.50. The van der Waals surface area contributed by atoms with Crippen LogP contribution >= 0.6 is 0 Å². The minimum absolute atomic E-state index is 0.200. The fourth-order valence-corrected chi connectivity index (χ4v) is 0.926. The zero-order valence-corrected chi connectivity index (χ0v) is 6.84. The summed E-state index contributed by atoms with van der Waals surface area (Å²) in [5.74, 6) is -2.35. The van der Waals surface area contributed by atoms with Crippen LogP contribution in [0.4, 0.5) is 0 Å². The van der Waals surface area contributed by atoms with Crippen LogP contribution in [0.25, 0.3) is 0 Å². The van der Waals surface area contributed by atoms with Crippen molar-refractivity contribution in [2.45, 2.75) is 0 Å². The summed E-state index contributed by atoms with van der Waals surface area (Å²) in [4.78, 5) is 25.4. The fourth-order valence-electron chi connectivity index (χ4n) is 0.926. The van der Waals surface area contributed by atoms with Crippen LogP contribution in [0.1, 0.15) is 20.7 Å². The molecule has 0 atom stereocenters. The highest BCUT2D eigenvalue weighted by atomic mass is 17.5. The first-order valence-electron chi connectivity index (χ1n) is 3.51. The summed E-state index contributed by atoms with van der Waals surface area (Å²) < 4.78 is 0. The lowest BCUT2D eigenvalue weighted by Crippen LogP contribution is -2.10. The third kappa shape index (κ3) is 2.06. The van der Waals surface area contributed by atoms with Gasteiger partial charge in [-0.25, -0.2) is 14.8 Å². The number of rotatable bonds is 3. The van der Waals surface area contributed by atoms with Crippen LogP contribution in [-0.2, 0) is 9.93 Å². The van der Waals surface area contributed by atoms with E-state index < -0.39 is 11.9 Å². The second-order valence-electron chi connectivity index (χ2n) is 2.30. The van der Waals surface area contributed by atoms with Gasteiger partial charge in [-0.2, -0.15) is 0 Å². The predicted molar refractivity (Wildman–Crippen MR) is 42.5 cm³/mol. The van der Waals surface area contributed by atoms with E-state index in [0.717, 1.165) is 0 Å². The molecule has 6 nitrogen and oxygen atoms in total. The van der Waals surface area contributed by atoms with Crippen molar-refractivity contribution >= 4 is 11.9 Å². The summed E-state index contributed by atoms with van der Waals surface area (Å²) in [6, 6.07) is 5.39. The molecule has 74 valence electrons. The molecule has 6 heteroatoms. The Morgan fingerprint density at radius 1 is 1.14 bits per heavy atom. The van der Waals surface area contributed by atoms with Gasteiger partial charge in [-0.05, 0) is 17.2 Å². The number of aromatic carboxylic acids is 1. The Morgan fingerprint density at radius 2 is 1.71 bits per heavy atom. The number of carbonyl (C=O) groups is 2. The Hall–Kier alpha value is -1.92. The van der Waals surface area contributed by atoms with Crippen LogP contribution in [0.5, 0.6) is 0 Å². The van der Waals surface area contributed by atoms with Gasteiger partial charge in [-0.3, -0.25) is 4.89 Å². The molecule has 0 aliphatic carbocycles. The van der Waals surface area contributed by atoms with Crippen LogP contribution in [0.3, 0.4) is 0 Å². The number of carbonyl (C=O) groups excluding carboxylic acids is 1. The van der Waals surface area contributed by atoms with Crippen molar-refractivity contribution in [3.8, 4) is 0 Å². The van der Waals surface area contributed by atoms with Crippen LogP contribution in [-0.4, -0.2) is 22.3 Å².